The standard InChI is InChI=1S/C23H25N3O4/c1-15(19-8-9-20-21(24-19)30-12-11-29-20)25-10-4-5-16(13-25)14-26-22(27)17-6-2-3-7-18(17)23(26)28/h2-3,6-9,15-16H,4-5,10-14H2,1H3/t15?,16-/m1/s1. The van der Waals surface area contributed by atoms with Gasteiger partial charge in [-0.1, -0.05) is 12.1 Å². The van der Waals surface area contributed by atoms with Gasteiger partial charge in [-0.05, 0) is 56.5 Å². The van der Waals surface area contributed by atoms with E-state index in [0.717, 1.165) is 31.6 Å². The van der Waals surface area contributed by atoms with Gasteiger partial charge >= 0.3 is 0 Å². The second-order valence-electron chi connectivity index (χ2n) is 8.18. The normalized spacial score (nSPS) is 22.2. The third-order valence-electron chi connectivity index (χ3n) is 6.27. The molecule has 3 aliphatic heterocycles. The number of aromatic nitrogens is 1. The van der Waals surface area contributed by atoms with Gasteiger partial charge in [0.1, 0.15) is 13.2 Å². The number of ether oxygens (including phenoxy) is 2. The molecule has 3 aliphatic rings. The van der Waals surface area contributed by atoms with Crippen molar-refractivity contribution in [1.29, 1.82) is 0 Å². The number of rotatable bonds is 4. The second-order valence-corrected chi connectivity index (χ2v) is 8.18. The Labute approximate surface area is 175 Å². The Hall–Kier alpha value is -2.93. The van der Waals surface area contributed by atoms with Crippen LogP contribution in [-0.4, -0.2) is 59.4 Å². The van der Waals surface area contributed by atoms with Crippen molar-refractivity contribution in [3.63, 3.8) is 0 Å². The summed E-state index contributed by atoms with van der Waals surface area (Å²) in [7, 11) is 0. The van der Waals surface area contributed by atoms with Crippen LogP contribution >= 0.6 is 0 Å². The lowest BCUT2D eigenvalue weighted by molar-refractivity contribution is 0.0565. The van der Waals surface area contributed by atoms with Crippen molar-refractivity contribution in [2.75, 3.05) is 32.8 Å². The summed E-state index contributed by atoms with van der Waals surface area (Å²) in [5.74, 6) is 1.16. The predicted octanol–water partition coefficient (Wildman–Crippen LogP) is 2.92. The van der Waals surface area contributed by atoms with Gasteiger partial charge in [-0.25, -0.2) is 4.98 Å². The number of pyridine rings is 1. The fraction of sp³-hybridized carbons (Fsp3) is 0.435. The first-order chi connectivity index (χ1) is 14.6. The molecule has 1 aromatic carbocycles. The highest BCUT2D eigenvalue weighted by Crippen LogP contribution is 2.33. The van der Waals surface area contributed by atoms with E-state index in [-0.39, 0.29) is 23.8 Å². The van der Waals surface area contributed by atoms with Crippen LogP contribution in [-0.2, 0) is 0 Å². The molecule has 30 heavy (non-hydrogen) atoms. The number of hydrogen-bond acceptors (Lipinski definition) is 6. The minimum atomic E-state index is -0.172. The molecule has 0 aliphatic carbocycles. The molecule has 0 spiro atoms. The van der Waals surface area contributed by atoms with Crippen LogP contribution in [0.1, 0.15) is 52.2 Å². The van der Waals surface area contributed by atoms with E-state index in [9.17, 15) is 9.59 Å². The number of carbonyl (C=O) groups excluding carboxylic acids is 2. The molecule has 0 N–H and O–H groups in total. The summed E-state index contributed by atoms with van der Waals surface area (Å²) in [4.78, 5) is 33.9. The highest BCUT2D eigenvalue weighted by Gasteiger charge is 2.37. The molecule has 5 rings (SSSR count). The van der Waals surface area contributed by atoms with Gasteiger partial charge in [0, 0.05) is 19.1 Å². The predicted molar refractivity (Wildman–Crippen MR) is 110 cm³/mol. The number of imide groups is 1. The monoisotopic (exact) mass is 407 g/mol. The van der Waals surface area contributed by atoms with Crippen LogP contribution in [0.3, 0.4) is 0 Å². The van der Waals surface area contributed by atoms with Crippen molar-refractivity contribution in [2.24, 2.45) is 5.92 Å². The Kier molecular flexibility index (Phi) is 4.90. The number of fused-ring (bicyclic) bond motifs is 2. The van der Waals surface area contributed by atoms with Crippen molar-refractivity contribution >= 4 is 11.8 Å². The van der Waals surface area contributed by atoms with Crippen LogP contribution < -0.4 is 9.47 Å². The molecule has 2 aromatic rings. The Morgan fingerprint density at radius 2 is 1.80 bits per heavy atom. The minimum Gasteiger partial charge on any atom is -0.484 e. The summed E-state index contributed by atoms with van der Waals surface area (Å²) in [6, 6.07) is 11.1. The van der Waals surface area contributed by atoms with Gasteiger partial charge in [0.2, 0.25) is 0 Å². The number of nitrogens with zero attached hydrogens (tertiary/aromatic N) is 3. The molecule has 0 bridgehead atoms. The van der Waals surface area contributed by atoms with Gasteiger partial charge in [0.05, 0.1) is 16.8 Å². The SMILES string of the molecule is CC(c1ccc2c(n1)OCCO2)N1CCC[C@@H](CN2C(=O)c3ccccc3C2=O)C1. The number of piperidine rings is 1. The maximum Gasteiger partial charge on any atom is 0.261 e. The molecule has 7 heteroatoms. The fourth-order valence-electron chi connectivity index (χ4n) is 4.63. The molecule has 156 valence electrons. The first-order valence-electron chi connectivity index (χ1n) is 10.6. The smallest absolute Gasteiger partial charge is 0.261 e. The highest BCUT2D eigenvalue weighted by molar-refractivity contribution is 6.21. The first kappa shape index (κ1) is 19.1. The summed E-state index contributed by atoms with van der Waals surface area (Å²) < 4.78 is 11.2. The van der Waals surface area contributed by atoms with Crippen LogP contribution in [0, 0.1) is 5.92 Å². The lowest BCUT2D eigenvalue weighted by atomic mass is 9.95. The van der Waals surface area contributed by atoms with Gasteiger partial charge in [-0.3, -0.25) is 19.4 Å². The molecule has 1 aromatic heterocycles. The molecule has 1 saturated heterocycles. The zero-order chi connectivity index (χ0) is 20.7. The average Bonchev–Trinajstić information content (AvgIpc) is 3.03. The van der Waals surface area contributed by atoms with Crippen molar-refractivity contribution in [3.8, 4) is 11.6 Å². The first-order valence-corrected chi connectivity index (χ1v) is 10.6. The minimum absolute atomic E-state index is 0.116. The van der Waals surface area contributed by atoms with E-state index in [1.165, 1.54) is 4.90 Å². The fourth-order valence-corrected chi connectivity index (χ4v) is 4.63. The van der Waals surface area contributed by atoms with Gasteiger partial charge in [0.15, 0.2) is 5.75 Å². The van der Waals surface area contributed by atoms with Crippen molar-refractivity contribution in [2.45, 2.75) is 25.8 Å². The number of likely N-dealkylation sites (tertiary alicyclic amines) is 1. The summed E-state index contributed by atoms with van der Waals surface area (Å²) >= 11 is 0. The molecule has 1 unspecified atom stereocenters. The molecule has 2 amide bonds. The van der Waals surface area contributed by atoms with E-state index in [1.54, 1.807) is 24.3 Å². The van der Waals surface area contributed by atoms with Crippen LogP contribution in [0.4, 0.5) is 0 Å². The Bertz CT molecular complexity index is 957. The lowest BCUT2D eigenvalue weighted by Crippen LogP contribution is -2.43. The molecule has 0 saturated carbocycles. The molecule has 1 fully saturated rings. The topological polar surface area (TPSA) is 72.0 Å². The van der Waals surface area contributed by atoms with E-state index in [4.69, 9.17) is 9.47 Å². The molecule has 4 heterocycles. The summed E-state index contributed by atoms with van der Waals surface area (Å²) in [6.45, 7) is 5.46. The lowest BCUT2D eigenvalue weighted by Gasteiger charge is -2.37. The molecular weight excluding hydrogens is 382 g/mol. The van der Waals surface area contributed by atoms with E-state index in [0.29, 0.717) is 42.5 Å². The average molecular weight is 407 g/mol. The van der Waals surface area contributed by atoms with Crippen molar-refractivity contribution in [1.82, 2.24) is 14.8 Å². The van der Waals surface area contributed by atoms with Crippen LogP contribution in [0.25, 0.3) is 0 Å². The van der Waals surface area contributed by atoms with Gasteiger partial charge in [0.25, 0.3) is 17.7 Å². The van der Waals surface area contributed by atoms with Gasteiger partial charge in [-0.15, -0.1) is 0 Å². The summed E-state index contributed by atoms with van der Waals surface area (Å²) in [5.41, 5.74) is 1.98. The quantitative estimate of drug-likeness (QED) is 0.726. The number of benzene rings is 1. The zero-order valence-electron chi connectivity index (χ0n) is 17.0. The summed E-state index contributed by atoms with van der Waals surface area (Å²) in [6.07, 6.45) is 2.04. The van der Waals surface area contributed by atoms with E-state index >= 15 is 0 Å². The van der Waals surface area contributed by atoms with Crippen LogP contribution in [0.5, 0.6) is 11.6 Å². The van der Waals surface area contributed by atoms with E-state index in [1.807, 2.05) is 12.1 Å². The highest BCUT2D eigenvalue weighted by atomic mass is 16.6. The largest absolute Gasteiger partial charge is 0.484 e. The van der Waals surface area contributed by atoms with Gasteiger partial charge in [-0.2, -0.15) is 0 Å². The summed E-state index contributed by atoms with van der Waals surface area (Å²) in [5, 5.41) is 0. The molecule has 2 atom stereocenters. The number of hydrogen-bond donors (Lipinski definition) is 0. The van der Waals surface area contributed by atoms with Crippen LogP contribution in [0.15, 0.2) is 36.4 Å². The zero-order valence-corrected chi connectivity index (χ0v) is 17.0. The molecular formula is C23H25N3O4. The van der Waals surface area contributed by atoms with Gasteiger partial charge < -0.3 is 9.47 Å². The van der Waals surface area contributed by atoms with E-state index < -0.39 is 0 Å². The molecule has 0 radical (unpaired) electrons. The number of amides is 2. The Morgan fingerprint density at radius 1 is 1.07 bits per heavy atom. The number of carbonyl (C=O) groups is 2. The molecule has 7 nitrogen and oxygen atoms in total. The third-order valence-corrected chi connectivity index (χ3v) is 6.27. The van der Waals surface area contributed by atoms with Crippen molar-refractivity contribution < 1.29 is 19.1 Å². The maximum absolute atomic E-state index is 12.7. The van der Waals surface area contributed by atoms with E-state index in [2.05, 4.69) is 16.8 Å². The second kappa shape index (κ2) is 7.72. The third kappa shape index (κ3) is 3.33. The Balaban J connectivity index is 1.27. The van der Waals surface area contributed by atoms with Crippen LogP contribution in [0.2, 0.25) is 0 Å². The maximum atomic E-state index is 12.7. The Morgan fingerprint density at radius 3 is 2.57 bits per heavy atom. The van der Waals surface area contributed by atoms with Crippen molar-refractivity contribution in [3.05, 3.63) is 53.2 Å².